The molecule has 0 saturated heterocycles. The number of aromatic hydroxyl groups is 1. The van der Waals surface area contributed by atoms with E-state index >= 15 is 0 Å². The maximum atomic E-state index is 10.1. The van der Waals surface area contributed by atoms with Crippen molar-refractivity contribution in [2.24, 2.45) is 5.18 Å². The molecule has 1 N–H and O–H groups in total. The van der Waals surface area contributed by atoms with Crippen LogP contribution in [-0.2, 0) is 12.8 Å². The van der Waals surface area contributed by atoms with Crippen molar-refractivity contribution < 1.29 is 5.11 Å². The molecule has 11 heavy (non-hydrogen) atoms. The molecule has 0 spiro atoms. The van der Waals surface area contributed by atoms with Crippen LogP contribution in [0, 0.1) is 4.91 Å². The molecule has 0 aromatic heterocycles. The lowest BCUT2D eigenvalue weighted by Crippen LogP contribution is -2.06. The number of hydrogen-bond acceptors (Lipinski definition) is 3. The molecule has 0 fully saturated rings. The molecular weight excluding hydrogens is 142 g/mol. The zero-order valence-corrected chi connectivity index (χ0v) is 5.87. The molecule has 0 radical (unpaired) electrons. The van der Waals surface area contributed by atoms with Crippen LogP contribution in [0.1, 0.15) is 11.1 Å². The molecular formula is C8H7NO2. The summed E-state index contributed by atoms with van der Waals surface area (Å²) in [6.45, 7) is 0. The molecule has 2 rings (SSSR count). The highest BCUT2D eigenvalue weighted by Gasteiger charge is 2.16. The van der Waals surface area contributed by atoms with Gasteiger partial charge in [0, 0.05) is 0 Å². The van der Waals surface area contributed by atoms with Gasteiger partial charge in [0.1, 0.15) is 11.4 Å². The molecule has 0 bridgehead atoms. The van der Waals surface area contributed by atoms with Gasteiger partial charge < -0.3 is 5.11 Å². The third kappa shape index (κ3) is 0.808. The quantitative estimate of drug-likeness (QED) is 0.620. The molecule has 56 valence electrons. The van der Waals surface area contributed by atoms with Gasteiger partial charge in [-0.15, -0.1) is 4.91 Å². The van der Waals surface area contributed by atoms with Crippen LogP contribution in [0.3, 0.4) is 0 Å². The van der Waals surface area contributed by atoms with Gasteiger partial charge in [0.05, 0.1) is 0 Å². The van der Waals surface area contributed by atoms with E-state index in [1.165, 1.54) is 0 Å². The molecule has 1 aromatic rings. The summed E-state index contributed by atoms with van der Waals surface area (Å²) in [6.07, 6.45) is 2.00. The van der Waals surface area contributed by atoms with Crippen molar-refractivity contribution in [1.29, 1.82) is 0 Å². The summed E-state index contributed by atoms with van der Waals surface area (Å²) in [5.74, 6) is -0.00144. The SMILES string of the molecule is O=Nc1cc2c(cc1O)CC2. The second-order valence-corrected chi connectivity index (χ2v) is 2.70. The summed E-state index contributed by atoms with van der Waals surface area (Å²) in [4.78, 5) is 10.1. The Morgan fingerprint density at radius 3 is 2.45 bits per heavy atom. The van der Waals surface area contributed by atoms with Gasteiger partial charge in [-0.2, -0.15) is 0 Å². The molecule has 0 unspecified atom stereocenters. The monoisotopic (exact) mass is 149 g/mol. The summed E-state index contributed by atoms with van der Waals surface area (Å²) in [5.41, 5.74) is 2.43. The van der Waals surface area contributed by atoms with Crippen LogP contribution >= 0.6 is 0 Å². The predicted octanol–water partition coefficient (Wildman–Crippen LogP) is 1.89. The average Bonchev–Trinajstić information content (AvgIpc) is 1.97. The summed E-state index contributed by atoms with van der Waals surface area (Å²) in [6, 6.07) is 3.27. The van der Waals surface area contributed by atoms with Crippen molar-refractivity contribution in [3.8, 4) is 5.75 Å². The zero-order chi connectivity index (χ0) is 7.84. The van der Waals surface area contributed by atoms with Gasteiger partial charge in [-0.05, 0) is 41.3 Å². The van der Waals surface area contributed by atoms with E-state index in [2.05, 4.69) is 5.18 Å². The molecule has 0 atom stereocenters. The lowest BCUT2D eigenvalue weighted by molar-refractivity contribution is 0.474. The number of aryl methyl sites for hydroxylation is 2. The van der Waals surface area contributed by atoms with Gasteiger partial charge in [0.15, 0.2) is 0 Å². The van der Waals surface area contributed by atoms with Crippen molar-refractivity contribution in [3.63, 3.8) is 0 Å². The maximum Gasteiger partial charge on any atom is 0.149 e. The summed E-state index contributed by atoms with van der Waals surface area (Å²) < 4.78 is 0. The third-order valence-electron chi connectivity index (χ3n) is 2.06. The van der Waals surface area contributed by atoms with E-state index in [1.807, 2.05) is 0 Å². The van der Waals surface area contributed by atoms with Crippen molar-refractivity contribution in [2.45, 2.75) is 12.8 Å². The summed E-state index contributed by atoms with van der Waals surface area (Å²) in [5, 5.41) is 11.9. The Hall–Kier alpha value is -1.38. The topological polar surface area (TPSA) is 49.7 Å². The summed E-state index contributed by atoms with van der Waals surface area (Å²) >= 11 is 0. The fourth-order valence-electron chi connectivity index (χ4n) is 1.29. The van der Waals surface area contributed by atoms with Gasteiger partial charge in [-0.3, -0.25) is 0 Å². The van der Waals surface area contributed by atoms with E-state index < -0.39 is 0 Å². The predicted molar refractivity (Wildman–Crippen MR) is 41.0 cm³/mol. The second kappa shape index (κ2) is 2.05. The molecule has 1 aromatic carbocycles. The van der Waals surface area contributed by atoms with Gasteiger partial charge in [0.2, 0.25) is 0 Å². The Morgan fingerprint density at radius 1 is 1.27 bits per heavy atom. The van der Waals surface area contributed by atoms with E-state index in [9.17, 15) is 4.91 Å². The minimum absolute atomic E-state index is 0.00144. The first-order valence-electron chi connectivity index (χ1n) is 3.49. The highest BCUT2D eigenvalue weighted by atomic mass is 16.3. The first kappa shape index (κ1) is 6.34. The Bertz CT molecular complexity index is 320. The first-order valence-corrected chi connectivity index (χ1v) is 3.49. The van der Waals surface area contributed by atoms with Crippen LogP contribution in [0.25, 0.3) is 0 Å². The molecule has 1 aliphatic carbocycles. The standard InChI is InChI=1S/C8H7NO2/c10-8-4-6-2-1-5(6)3-7(8)9-11/h3-4,10H,1-2H2. The third-order valence-corrected chi connectivity index (χ3v) is 2.06. The van der Waals surface area contributed by atoms with Crippen LogP contribution in [-0.4, -0.2) is 5.11 Å². The Labute approximate surface area is 63.6 Å². The first-order chi connectivity index (χ1) is 5.31. The maximum absolute atomic E-state index is 10.1. The van der Waals surface area contributed by atoms with Crippen molar-refractivity contribution in [3.05, 3.63) is 28.2 Å². The van der Waals surface area contributed by atoms with E-state index in [0.717, 1.165) is 24.0 Å². The van der Waals surface area contributed by atoms with E-state index in [0.29, 0.717) is 0 Å². The van der Waals surface area contributed by atoms with E-state index in [-0.39, 0.29) is 11.4 Å². The number of nitroso groups, excluding NO2 is 1. The van der Waals surface area contributed by atoms with Crippen molar-refractivity contribution in [2.75, 3.05) is 0 Å². The van der Waals surface area contributed by atoms with Crippen LogP contribution in [0.5, 0.6) is 5.75 Å². The normalized spacial score (nSPS) is 13.5. The molecule has 0 amide bonds. The molecule has 0 saturated carbocycles. The highest BCUT2D eigenvalue weighted by molar-refractivity contribution is 5.57. The second-order valence-electron chi connectivity index (χ2n) is 2.70. The Balaban J connectivity index is 2.58. The van der Waals surface area contributed by atoms with Gasteiger partial charge >= 0.3 is 0 Å². The lowest BCUT2D eigenvalue weighted by Gasteiger charge is -2.18. The lowest BCUT2D eigenvalue weighted by atomic mass is 9.88. The Kier molecular flexibility index (Phi) is 1.18. The highest BCUT2D eigenvalue weighted by Crippen LogP contribution is 2.34. The number of phenolic OH excluding ortho intramolecular Hbond substituents is 1. The van der Waals surface area contributed by atoms with Gasteiger partial charge in [-0.1, -0.05) is 0 Å². The number of nitrogens with zero attached hydrogens (tertiary/aromatic N) is 1. The fourth-order valence-corrected chi connectivity index (χ4v) is 1.29. The van der Waals surface area contributed by atoms with Crippen LogP contribution in [0.15, 0.2) is 17.3 Å². The van der Waals surface area contributed by atoms with Gasteiger partial charge in [-0.25, -0.2) is 0 Å². The number of rotatable bonds is 1. The van der Waals surface area contributed by atoms with Crippen LogP contribution < -0.4 is 0 Å². The minimum Gasteiger partial charge on any atom is -0.506 e. The van der Waals surface area contributed by atoms with Crippen molar-refractivity contribution >= 4 is 5.69 Å². The number of phenols is 1. The number of fused-ring (bicyclic) bond motifs is 1. The van der Waals surface area contributed by atoms with Gasteiger partial charge in [0.25, 0.3) is 0 Å². The average molecular weight is 149 g/mol. The van der Waals surface area contributed by atoms with Crippen molar-refractivity contribution in [1.82, 2.24) is 0 Å². The van der Waals surface area contributed by atoms with Crippen LogP contribution in [0.2, 0.25) is 0 Å². The Morgan fingerprint density at radius 2 is 1.91 bits per heavy atom. The molecule has 1 aliphatic rings. The molecule has 3 heteroatoms. The molecule has 0 aliphatic heterocycles. The molecule has 0 heterocycles. The number of hydrogen-bond donors (Lipinski definition) is 1. The fraction of sp³-hybridized carbons (Fsp3) is 0.250. The smallest absolute Gasteiger partial charge is 0.149 e. The summed E-state index contributed by atoms with van der Waals surface area (Å²) in [7, 11) is 0. The zero-order valence-electron chi connectivity index (χ0n) is 5.87. The van der Waals surface area contributed by atoms with E-state index in [1.54, 1.807) is 12.1 Å². The van der Waals surface area contributed by atoms with E-state index in [4.69, 9.17) is 5.11 Å². The largest absolute Gasteiger partial charge is 0.506 e. The molecule has 3 nitrogen and oxygen atoms in total. The van der Waals surface area contributed by atoms with Crippen LogP contribution in [0.4, 0.5) is 5.69 Å². The number of benzene rings is 1. The minimum atomic E-state index is -0.00144.